The van der Waals surface area contributed by atoms with E-state index in [4.69, 9.17) is 0 Å². The number of fused-ring (bicyclic) bond motifs is 1. The fourth-order valence-corrected chi connectivity index (χ4v) is 4.58. The Kier molecular flexibility index (Phi) is 5.13. The summed E-state index contributed by atoms with van der Waals surface area (Å²) in [6.07, 6.45) is 2.40. The Morgan fingerprint density at radius 2 is 1.84 bits per heavy atom. The van der Waals surface area contributed by atoms with E-state index in [1.165, 1.54) is 12.8 Å². The van der Waals surface area contributed by atoms with Gasteiger partial charge in [0, 0.05) is 29.6 Å². The molecule has 1 aliphatic carbocycles. The van der Waals surface area contributed by atoms with Crippen LogP contribution in [0, 0.1) is 17.8 Å². The number of amides is 3. The molecule has 0 spiro atoms. The topological polar surface area (TPSA) is 72.9 Å². The second-order valence-corrected chi connectivity index (χ2v) is 8.49. The molecular formula is C25H25N3O3. The van der Waals surface area contributed by atoms with Crippen LogP contribution >= 0.6 is 0 Å². The van der Waals surface area contributed by atoms with Crippen molar-refractivity contribution in [3.8, 4) is 11.8 Å². The summed E-state index contributed by atoms with van der Waals surface area (Å²) in [7, 11) is 0. The first-order chi connectivity index (χ1) is 15.1. The Bertz CT molecular complexity index is 1040. The molecule has 0 radical (unpaired) electrons. The molecule has 3 aliphatic rings. The molecule has 3 atom stereocenters. The van der Waals surface area contributed by atoms with Gasteiger partial charge in [-0.25, -0.2) is 4.79 Å². The monoisotopic (exact) mass is 415 g/mol. The molecule has 0 unspecified atom stereocenters. The van der Waals surface area contributed by atoms with Gasteiger partial charge in [0.05, 0.1) is 18.7 Å². The number of benzene rings is 2. The third-order valence-electron chi connectivity index (χ3n) is 6.36. The molecule has 5 rings (SSSR count). The van der Waals surface area contributed by atoms with Crippen molar-refractivity contribution in [1.29, 1.82) is 0 Å². The second kappa shape index (κ2) is 8.09. The smallest absolute Gasteiger partial charge is 0.322 e. The van der Waals surface area contributed by atoms with Crippen LogP contribution in [-0.2, 0) is 4.79 Å². The number of aliphatic hydroxyl groups excluding tert-OH is 1. The maximum atomic E-state index is 12.8. The first-order valence-corrected chi connectivity index (χ1v) is 10.8. The van der Waals surface area contributed by atoms with Gasteiger partial charge < -0.3 is 20.2 Å². The Morgan fingerprint density at radius 3 is 2.52 bits per heavy atom. The minimum Gasteiger partial charge on any atom is -0.394 e. The number of anilines is 1. The molecule has 6 nitrogen and oxygen atoms in total. The van der Waals surface area contributed by atoms with Crippen LogP contribution in [0.15, 0.2) is 54.6 Å². The molecule has 0 aromatic heterocycles. The average molecular weight is 415 g/mol. The van der Waals surface area contributed by atoms with E-state index in [1.807, 2.05) is 54.6 Å². The molecule has 2 aromatic rings. The lowest BCUT2D eigenvalue weighted by Crippen LogP contribution is -2.73. The van der Waals surface area contributed by atoms with Gasteiger partial charge in [-0.1, -0.05) is 42.2 Å². The lowest BCUT2D eigenvalue weighted by molar-refractivity contribution is -0.159. The molecule has 0 bridgehead atoms. The number of nitrogens with one attached hydrogen (secondary N) is 1. The van der Waals surface area contributed by atoms with Crippen molar-refractivity contribution < 1.29 is 14.7 Å². The lowest BCUT2D eigenvalue weighted by Gasteiger charge is -2.58. The van der Waals surface area contributed by atoms with E-state index in [1.54, 1.807) is 9.80 Å². The first kappa shape index (κ1) is 19.7. The molecule has 2 aromatic carbocycles. The largest absolute Gasteiger partial charge is 0.394 e. The van der Waals surface area contributed by atoms with Crippen molar-refractivity contribution in [2.24, 2.45) is 5.92 Å². The predicted molar refractivity (Wildman–Crippen MR) is 117 cm³/mol. The van der Waals surface area contributed by atoms with Gasteiger partial charge in [-0.05, 0) is 42.7 Å². The summed E-state index contributed by atoms with van der Waals surface area (Å²) in [5, 5.41) is 12.8. The van der Waals surface area contributed by atoms with Crippen molar-refractivity contribution in [3.05, 3.63) is 65.7 Å². The Labute approximate surface area is 181 Å². The van der Waals surface area contributed by atoms with Crippen LogP contribution in [0.5, 0.6) is 0 Å². The number of piperazine rings is 1. The van der Waals surface area contributed by atoms with E-state index in [9.17, 15) is 14.7 Å². The van der Waals surface area contributed by atoms with E-state index in [0.717, 1.165) is 11.1 Å². The molecule has 2 saturated heterocycles. The van der Waals surface area contributed by atoms with Gasteiger partial charge in [-0.2, -0.15) is 0 Å². The van der Waals surface area contributed by atoms with E-state index in [2.05, 4.69) is 17.2 Å². The number of hydrogen-bond donors (Lipinski definition) is 2. The molecule has 3 fully saturated rings. The molecule has 3 amide bonds. The third-order valence-corrected chi connectivity index (χ3v) is 6.36. The minimum atomic E-state index is -0.281. The SMILES string of the molecule is O=C(Nc1ccccc1)N1CC(=O)N2[C@H](C1)[C@@H](c1ccc(C#CC3CC3)cc1)[C@@H]2CO. The maximum absolute atomic E-state index is 12.8. The number of hydrogen-bond acceptors (Lipinski definition) is 3. The van der Waals surface area contributed by atoms with E-state index in [0.29, 0.717) is 18.2 Å². The molecule has 2 aliphatic heterocycles. The van der Waals surface area contributed by atoms with Crippen molar-refractivity contribution in [1.82, 2.24) is 9.80 Å². The van der Waals surface area contributed by atoms with Crippen molar-refractivity contribution >= 4 is 17.6 Å². The number of aliphatic hydroxyl groups is 1. The van der Waals surface area contributed by atoms with Gasteiger partial charge in [0.15, 0.2) is 0 Å². The average Bonchev–Trinajstić information content (AvgIpc) is 3.60. The highest BCUT2D eigenvalue weighted by atomic mass is 16.3. The quantitative estimate of drug-likeness (QED) is 0.757. The fraction of sp³-hybridized carbons (Fsp3) is 0.360. The van der Waals surface area contributed by atoms with Crippen LogP contribution in [0.1, 0.15) is 29.9 Å². The van der Waals surface area contributed by atoms with Crippen LogP contribution in [0.2, 0.25) is 0 Å². The maximum Gasteiger partial charge on any atom is 0.322 e. The van der Waals surface area contributed by atoms with Crippen molar-refractivity contribution in [2.75, 3.05) is 25.0 Å². The molecule has 2 N–H and O–H groups in total. The van der Waals surface area contributed by atoms with E-state index in [-0.39, 0.29) is 43.1 Å². The summed E-state index contributed by atoms with van der Waals surface area (Å²) in [4.78, 5) is 28.8. The lowest BCUT2D eigenvalue weighted by atomic mass is 9.73. The first-order valence-electron chi connectivity index (χ1n) is 10.8. The normalized spacial score (nSPS) is 24.5. The van der Waals surface area contributed by atoms with Crippen LogP contribution in [0.4, 0.5) is 10.5 Å². The van der Waals surface area contributed by atoms with E-state index < -0.39 is 0 Å². The molecular weight excluding hydrogens is 390 g/mol. The van der Waals surface area contributed by atoms with Crippen LogP contribution in [0.3, 0.4) is 0 Å². The highest BCUT2D eigenvalue weighted by molar-refractivity contribution is 5.93. The Balaban J connectivity index is 1.31. The second-order valence-electron chi connectivity index (χ2n) is 8.49. The zero-order valence-corrected chi connectivity index (χ0v) is 17.2. The number of para-hydroxylation sites is 1. The Morgan fingerprint density at radius 1 is 1.10 bits per heavy atom. The molecule has 158 valence electrons. The number of carbonyl (C=O) groups excluding carboxylic acids is 2. The summed E-state index contributed by atoms with van der Waals surface area (Å²) in [5.74, 6) is 6.91. The van der Waals surface area contributed by atoms with Crippen LogP contribution < -0.4 is 5.32 Å². The third kappa shape index (κ3) is 3.89. The highest BCUT2D eigenvalue weighted by Gasteiger charge is 2.54. The zero-order valence-electron chi connectivity index (χ0n) is 17.2. The fourth-order valence-electron chi connectivity index (χ4n) is 4.58. The molecule has 31 heavy (non-hydrogen) atoms. The van der Waals surface area contributed by atoms with Crippen LogP contribution in [0.25, 0.3) is 0 Å². The molecule has 2 heterocycles. The number of urea groups is 1. The summed E-state index contributed by atoms with van der Waals surface area (Å²) in [6, 6.07) is 16.6. The predicted octanol–water partition coefficient (Wildman–Crippen LogP) is 2.65. The standard InChI is InChI=1S/C25H25N3O3/c29-16-22-24(19-12-10-18(11-13-19)9-8-17-6-7-17)21-14-27(15-23(30)28(21)22)25(31)26-20-4-2-1-3-5-20/h1-5,10-13,17,21-22,24,29H,6-7,14-16H2,(H,26,31)/t21-,22+,24-/m1/s1. The summed E-state index contributed by atoms with van der Waals surface area (Å²) in [5.41, 5.74) is 2.75. The summed E-state index contributed by atoms with van der Waals surface area (Å²) < 4.78 is 0. The molecule has 1 saturated carbocycles. The van der Waals surface area contributed by atoms with Gasteiger partial charge in [0.1, 0.15) is 6.54 Å². The van der Waals surface area contributed by atoms with Gasteiger partial charge in [0.25, 0.3) is 0 Å². The van der Waals surface area contributed by atoms with Gasteiger partial charge in [0.2, 0.25) is 5.91 Å². The van der Waals surface area contributed by atoms with Gasteiger partial charge >= 0.3 is 6.03 Å². The highest BCUT2D eigenvalue weighted by Crippen LogP contribution is 2.43. The summed E-state index contributed by atoms with van der Waals surface area (Å²) in [6.45, 7) is 0.370. The minimum absolute atomic E-state index is 0.00767. The van der Waals surface area contributed by atoms with Gasteiger partial charge in [-0.15, -0.1) is 0 Å². The molecule has 6 heteroatoms. The number of nitrogens with zero attached hydrogens (tertiary/aromatic N) is 2. The summed E-state index contributed by atoms with van der Waals surface area (Å²) >= 11 is 0. The van der Waals surface area contributed by atoms with Gasteiger partial charge in [-0.3, -0.25) is 4.79 Å². The van der Waals surface area contributed by atoms with Crippen LogP contribution in [-0.4, -0.2) is 58.6 Å². The Hall–Kier alpha value is -3.30. The number of carbonyl (C=O) groups is 2. The zero-order chi connectivity index (χ0) is 21.4. The number of rotatable bonds is 3. The van der Waals surface area contributed by atoms with Crippen molar-refractivity contribution in [3.63, 3.8) is 0 Å². The van der Waals surface area contributed by atoms with E-state index >= 15 is 0 Å². The van der Waals surface area contributed by atoms with Crippen molar-refractivity contribution in [2.45, 2.75) is 30.8 Å².